The second kappa shape index (κ2) is 4.65. The van der Waals surface area contributed by atoms with Crippen molar-refractivity contribution in [1.29, 1.82) is 0 Å². The molecule has 0 aliphatic heterocycles. The summed E-state index contributed by atoms with van der Waals surface area (Å²) in [5.41, 5.74) is 8.43. The Bertz CT molecular complexity index is 708. The molecule has 0 aliphatic rings. The number of nitrogens with zero attached hydrogens (tertiary/aromatic N) is 2. The number of hydrogen-bond donors (Lipinski definition) is 1. The molecular weight excluding hydrogens is 266 g/mol. The van der Waals surface area contributed by atoms with Crippen molar-refractivity contribution in [3.63, 3.8) is 0 Å². The van der Waals surface area contributed by atoms with Crippen LogP contribution >= 0.6 is 22.9 Å². The van der Waals surface area contributed by atoms with Crippen LogP contribution in [0.5, 0.6) is 0 Å². The van der Waals surface area contributed by atoms with Crippen LogP contribution in [0.25, 0.3) is 20.8 Å². The summed E-state index contributed by atoms with van der Waals surface area (Å²) < 4.78 is 1.13. The van der Waals surface area contributed by atoms with Gasteiger partial charge < -0.3 is 5.73 Å². The largest absolute Gasteiger partial charge is 0.325 e. The van der Waals surface area contributed by atoms with E-state index in [2.05, 4.69) is 9.97 Å². The minimum absolute atomic E-state index is 0.435. The molecule has 3 aromatic rings. The SMILES string of the molecule is NCc1cc(-c2nc3cc(Cl)ccc3s2)ccn1. The number of pyridine rings is 1. The smallest absolute Gasteiger partial charge is 0.124 e. The summed E-state index contributed by atoms with van der Waals surface area (Å²) in [5.74, 6) is 0. The highest BCUT2D eigenvalue weighted by Crippen LogP contribution is 2.31. The van der Waals surface area contributed by atoms with Gasteiger partial charge in [0.2, 0.25) is 0 Å². The fraction of sp³-hybridized carbons (Fsp3) is 0.0769. The first kappa shape index (κ1) is 11.6. The van der Waals surface area contributed by atoms with Crippen LogP contribution in [0.15, 0.2) is 36.5 Å². The van der Waals surface area contributed by atoms with Crippen molar-refractivity contribution in [1.82, 2.24) is 9.97 Å². The third-order valence-electron chi connectivity index (χ3n) is 2.62. The molecule has 0 fully saturated rings. The molecular formula is C13H10ClN3S. The Kier molecular flexibility index (Phi) is 2.99. The van der Waals surface area contributed by atoms with E-state index in [9.17, 15) is 0 Å². The van der Waals surface area contributed by atoms with Crippen molar-refractivity contribution in [2.45, 2.75) is 6.54 Å². The summed E-state index contributed by atoms with van der Waals surface area (Å²) >= 11 is 7.60. The van der Waals surface area contributed by atoms with Crippen LogP contribution in [-0.4, -0.2) is 9.97 Å². The molecule has 1 aromatic carbocycles. The van der Waals surface area contributed by atoms with E-state index >= 15 is 0 Å². The van der Waals surface area contributed by atoms with E-state index in [4.69, 9.17) is 17.3 Å². The van der Waals surface area contributed by atoms with Gasteiger partial charge in [0.05, 0.1) is 15.9 Å². The Morgan fingerprint density at radius 2 is 2.11 bits per heavy atom. The molecule has 0 radical (unpaired) electrons. The Morgan fingerprint density at radius 3 is 2.94 bits per heavy atom. The quantitative estimate of drug-likeness (QED) is 0.779. The number of rotatable bonds is 2. The zero-order valence-electron chi connectivity index (χ0n) is 9.43. The Morgan fingerprint density at radius 1 is 1.22 bits per heavy atom. The van der Waals surface area contributed by atoms with E-state index in [1.165, 1.54) is 0 Å². The number of benzene rings is 1. The van der Waals surface area contributed by atoms with Crippen LogP contribution in [0, 0.1) is 0 Å². The molecule has 90 valence electrons. The standard InChI is InChI=1S/C13H10ClN3S/c14-9-1-2-12-11(6-9)17-13(18-12)8-3-4-16-10(5-8)7-15/h1-6H,7,15H2. The first-order chi connectivity index (χ1) is 8.76. The number of fused-ring (bicyclic) bond motifs is 1. The number of thiazole rings is 1. The summed E-state index contributed by atoms with van der Waals surface area (Å²) in [4.78, 5) is 8.77. The second-order valence-corrected chi connectivity index (χ2v) is 5.34. The molecule has 18 heavy (non-hydrogen) atoms. The molecule has 3 rings (SSSR count). The van der Waals surface area contributed by atoms with E-state index in [0.29, 0.717) is 11.6 Å². The maximum atomic E-state index is 5.96. The first-order valence-electron chi connectivity index (χ1n) is 5.48. The Labute approximate surface area is 113 Å². The second-order valence-electron chi connectivity index (χ2n) is 3.87. The molecule has 0 bridgehead atoms. The minimum atomic E-state index is 0.435. The normalized spacial score (nSPS) is 11.0. The monoisotopic (exact) mass is 275 g/mol. The van der Waals surface area contributed by atoms with Crippen LogP contribution in [0.2, 0.25) is 5.02 Å². The van der Waals surface area contributed by atoms with Crippen molar-refractivity contribution in [3.8, 4) is 10.6 Å². The van der Waals surface area contributed by atoms with Gasteiger partial charge >= 0.3 is 0 Å². The van der Waals surface area contributed by atoms with Gasteiger partial charge in [-0.25, -0.2) is 4.98 Å². The van der Waals surface area contributed by atoms with Gasteiger partial charge in [0.15, 0.2) is 0 Å². The molecule has 5 heteroatoms. The highest BCUT2D eigenvalue weighted by molar-refractivity contribution is 7.21. The van der Waals surface area contributed by atoms with Gasteiger partial charge in [-0.2, -0.15) is 0 Å². The summed E-state index contributed by atoms with van der Waals surface area (Å²) in [6.45, 7) is 0.435. The number of halogens is 1. The van der Waals surface area contributed by atoms with Gasteiger partial charge in [0.1, 0.15) is 5.01 Å². The van der Waals surface area contributed by atoms with E-state index in [0.717, 1.165) is 26.5 Å². The van der Waals surface area contributed by atoms with Gasteiger partial charge in [-0.05, 0) is 30.3 Å². The molecule has 0 atom stereocenters. The Hall–Kier alpha value is -1.49. The van der Waals surface area contributed by atoms with Crippen molar-refractivity contribution in [3.05, 3.63) is 47.2 Å². The molecule has 0 unspecified atom stereocenters. The van der Waals surface area contributed by atoms with Crippen LogP contribution < -0.4 is 5.73 Å². The van der Waals surface area contributed by atoms with Crippen molar-refractivity contribution in [2.24, 2.45) is 5.73 Å². The van der Waals surface area contributed by atoms with Gasteiger partial charge in [-0.3, -0.25) is 4.98 Å². The summed E-state index contributed by atoms with van der Waals surface area (Å²) in [7, 11) is 0. The van der Waals surface area contributed by atoms with Crippen LogP contribution in [0.3, 0.4) is 0 Å². The molecule has 0 aliphatic carbocycles. The zero-order chi connectivity index (χ0) is 12.5. The van der Waals surface area contributed by atoms with Crippen molar-refractivity contribution >= 4 is 33.2 Å². The zero-order valence-corrected chi connectivity index (χ0v) is 11.0. The predicted molar refractivity (Wildman–Crippen MR) is 75.8 cm³/mol. The van der Waals surface area contributed by atoms with E-state index in [1.807, 2.05) is 30.3 Å². The Balaban J connectivity index is 2.13. The average Bonchev–Trinajstić information content (AvgIpc) is 2.81. The van der Waals surface area contributed by atoms with Gasteiger partial charge in [-0.15, -0.1) is 11.3 Å². The minimum Gasteiger partial charge on any atom is -0.325 e. The average molecular weight is 276 g/mol. The van der Waals surface area contributed by atoms with E-state index < -0.39 is 0 Å². The summed E-state index contributed by atoms with van der Waals surface area (Å²) in [6, 6.07) is 9.66. The first-order valence-corrected chi connectivity index (χ1v) is 6.67. The molecule has 0 saturated carbocycles. The van der Waals surface area contributed by atoms with Crippen molar-refractivity contribution < 1.29 is 0 Å². The molecule has 2 heterocycles. The van der Waals surface area contributed by atoms with E-state index in [1.54, 1.807) is 17.5 Å². The number of nitrogens with two attached hydrogens (primary N) is 1. The summed E-state index contributed by atoms with van der Waals surface area (Å²) in [5, 5.41) is 1.67. The van der Waals surface area contributed by atoms with Crippen LogP contribution in [-0.2, 0) is 6.54 Å². The topological polar surface area (TPSA) is 51.8 Å². The molecule has 2 N–H and O–H groups in total. The van der Waals surface area contributed by atoms with Crippen LogP contribution in [0.1, 0.15) is 5.69 Å². The molecule has 0 amide bonds. The number of hydrogen-bond acceptors (Lipinski definition) is 4. The molecule has 3 nitrogen and oxygen atoms in total. The molecule has 2 aromatic heterocycles. The highest BCUT2D eigenvalue weighted by atomic mass is 35.5. The lowest BCUT2D eigenvalue weighted by Crippen LogP contribution is -1.98. The van der Waals surface area contributed by atoms with Gasteiger partial charge in [0, 0.05) is 23.3 Å². The maximum absolute atomic E-state index is 5.96. The maximum Gasteiger partial charge on any atom is 0.124 e. The summed E-state index contributed by atoms with van der Waals surface area (Å²) in [6.07, 6.45) is 1.76. The third kappa shape index (κ3) is 2.10. The van der Waals surface area contributed by atoms with Gasteiger partial charge in [-0.1, -0.05) is 11.6 Å². The third-order valence-corrected chi connectivity index (χ3v) is 3.94. The predicted octanol–water partition coefficient (Wildman–Crippen LogP) is 3.47. The number of aromatic nitrogens is 2. The fourth-order valence-corrected chi connectivity index (χ4v) is 2.86. The highest BCUT2D eigenvalue weighted by Gasteiger charge is 2.07. The lowest BCUT2D eigenvalue weighted by atomic mass is 10.2. The lowest BCUT2D eigenvalue weighted by molar-refractivity contribution is 0.991. The van der Waals surface area contributed by atoms with Crippen LogP contribution in [0.4, 0.5) is 0 Å². The lowest BCUT2D eigenvalue weighted by Gasteiger charge is -1.98. The van der Waals surface area contributed by atoms with Crippen molar-refractivity contribution in [2.75, 3.05) is 0 Å². The molecule has 0 spiro atoms. The molecule has 0 saturated heterocycles. The fourth-order valence-electron chi connectivity index (χ4n) is 1.75. The van der Waals surface area contributed by atoms with E-state index in [-0.39, 0.29) is 0 Å². The van der Waals surface area contributed by atoms with Gasteiger partial charge in [0.25, 0.3) is 0 Å².